The number of aromatic amines is 1. The largest absolute Gasteiger partial charge is 0.360 e. The number of nitrogens with zero attached hydrogens (tertiary/aromatic N) is 2. The number of hydrogen-bond donors (Lipinski definition) is 1. The molecule has 1 saturated heterocycles. The van der Waals surface area contributed by atoms with Gasteiger partial charge in [0.25, 0.3) is 5.91 Å². The average molecular weight is 456 g/mol. The normalized spacial score (nSPS) is 15.0. The molecule has 3 aromatic rings. The summed E-state index contributed by atoms with van der Waals surface area (Å²) in [6, 6.07) is 13.3. The number of pyridine rings is 1. The van der Waals surface area contributed by atoms with Gasteiger partial charge in [0.1, 0.15) is 5.56 Å². The first-order valence-corrected chi connectivity index (χ1v) is 12.0. The van der Waals surface area contributed by atoms with E-state index in [1.54, 1.807) is 24.1 Å². The smallest absolute Gasteiger partial charge is 0.259 e. The number of benzene rings is 2. The van der Waals surface area contributed by atoms with Gasteiger partial charge in [-0.2, -0.15) is 11.8 Å². The van der Waals surface area contributed by atoms with Gasteiger partial charge in [-0.05, 0) is 54.1 Å². The Labute approximate surface area is 191 Å². The molecule has 5 nitrogen and oxygen atoms in total. The minimum atomic E-state index is -0.298. The molecule has 1 aliphatic heterocycles. The third kappa shape index (κ3) is 5.32. The molecule has 1 aromatic heterocycles. The van der Waals surface area contributed by atoms with E-state index in [1.165, 1.54) is 18.4 Å². The molecule has 1 aliphatic rings. The van der Waals surface area contributed by atoms with E-state index < -0.39 is 0 Å². The maximum Gasteiger partial charge on any atom is 0.259 e. The summed E-state index contributed by atoms with van der Waals surface area (Å²) in [4.78, 5) is 33.3. The fourth-order valence-electron chi connectivity index (χ4n) is 3.88. The lowest BCUT2D eigenvalue weighted by Gasteiger charge is -2.20. The third-order valence-electron chi connectivity index (χ3n) is 5.58. The van der Waals surface area contributed by atoms with E-state index in [1.807, 2.05) is 36.0 Å². The van der Waals surface area contributed by atoms with Crippen molar-refractivity contribution in [3.05, 3.63) is 80.6 Å². The van der Waals surface area contributed by atoms with E-state index >= 15 is 0 Å². The highest BCUT2D eigenvalue weighted by molar-refractivity contribution is 7.99. The van der Waals surface area contributed by atoms with Crippen LogP contribution in [0.25, 0.3) is 10.9 Å². The van der Waals surface area contributed by atoms with Gasteiger partial charge < -0.3 is 9.88 Å². The minimum absolute atomic E-state index is 0.160. The van der Waals surface area contributed by atoms with Crippen molar-refractivity contribution in [2.45, 2.75) is 19.5 Å². The molecule has 0 unspecified atom stereocenters. The maximum atomic E-state index is 13.2. The van der Waals surface area contributed by atoms with E-state index in [9.17, 15) is 9.59 Å². The molecule has 0 atom stereocenters. The first kappa shape index (κ1) is 21.9. The standard InChI is InChI=1S/C24H26ClN3O2S/c1-27(15-17-3-6-19(25)7-4-17)24(30)21-14-26-22-8-5-18(13-20(22)23(21)29)16-28-9-2-11-31-12-10-28/h3-8,13-14H,2,9-12,15-16H2,1H3,(H,26,29). The monoisotopic (exact) mass is 455 g/mol. The summed E-state index contributed by atoms with van der Waals surface area (Å²) >= 11 is 7.93. The molecule has 1 N–H and O–H groups in total. The first-order chi connectivity index (χ1) is 15.0. The molecule has 31 heavy (non-hydrogen) atoms. The van der Waals surface area contributed by atoms with Gasteiger partial charge in [0.05, 0.1) is 0 Å². The van der Waals surface area contributed by atoms with Gasteiger partial charge in [-0.3, -0.25) is 14.5 Å². The highest BCUT2D eigenvalue weighted by Gasteiger charge is 2.18. The SMILES string of the molecule is CN(Cc1ccc(Cl)cc1)C(=O)c1c[nH]c2ccc(CN3CCCSCC3)cc2c1=O. The van der Waals surface area contributed by atoms with Crippen molar-refractivity contribution in [3.63, 3.8) is 0 Å². The number of fused-ring (bicyclic) bond motifs is 1. The lowest BCUT2D eigenvalue weighted by Crippen LogP contribution is -2.30. The number of thioether (sulfide) groups is 1. The Morgan fingerprint density at radius 2 is 1.90 bits per heavy atom. The summed E-state index contributed by atoms with van der Waals surface area (Å²) < 4.78 is 0. The molecule has 0 radical (unpaired) electrons. The maximum absolute atomic E-state index is 13.2. The molecule has 1 fully saturated rings. The van der Waals surface area contributed by atoms with Crippen LogP contribution in [0.4, 0.5) is 0 Å². The number of carbonyl (C=O) groups is 1. The van der Waals surface area contributed by atoms with Crippen molar-refractivity contribution in [1.29, 1.82) is 0 Å². The molecule has 0 spiro atoms. The predicted octanol–water partition coefficient (Wildman–Crippen LogP) is 4.39. The zero-order valence-corrected chi connectivity index (χ0v) is 19.1. The number of rotatable bonds is 5. The van der Waals surface area contributed by atoms with Crippen LogP contribution in [-0.4, -0.2) is 52.3 Å². The summed E-state index contributed by atoms with van der Waals surface area (Å²) in [5.41, 5.74) is 2.73. The molecule has 0 bridgehead atoms. The van der Waals surface area contributed by atoms with Crippen molar-refractivity contribution in [1.82, 2.24) is 14.8 Å². The Balaban J connectivity index is 1.56. The van der Waals surface area contributed by atoms with Gasteiger partial charge in [0.2, 0.25) is 5.43 Å². The van der Waals surface area contributed by atoms with E-state index in [0.29, 0.717) is 17.0 Å². The molecule has 2 heterocycles. The summed E-state index contributed by atoms with van der Waals surface area (Å²) in [6.07, 6.45) is 2.72. The molecule has 4 rings (SSSR count). The van der Waals surface area contributed by atoms with Gasteiger partial charge >= 0.3 is 0 Å². The predicted molar refractivity (Wildman–Crippen MR) is 129 cm³/mol. The molecule has 0 saturated carbocycles. The van der Waals surface area contributed by atoms with Crippen LogP contribution < -0.4 is 5.43 Å². The number of aromatic nitrogens is 1. The zero-order chi connectivity index (χ0) is 21.8. The molecule has 0 aliphatic carbocycles. The Morgan fingerprint density at radius 3 is 2.71 bits per heavy atom. The van der Waals surface area contributed by atoms with Crippen molar-refractivity contribution in [2.24, 2.45) is 0 Å². The van der Waals surface area contributed by atoms with Crippen LogP contribution in [0.1, 0.15) is 27.9 Å². The van der Waals surface area contributed by atoms with Crippen LogP contribution in [0.15, 0.2) is 53.5 Å². The van der Waals surface area contributed by atoms with Gasteiger partial charge in [-0.15, -0.1) is 0 Å². The van der Waals surface area contributed by atoms with Crippen LogP contribution in [0.3, 0.4) is 0 Å². The Bertz CT molecular complexity index is 1120. The third-order valence-corrected chi connectivity index (χ3v) is 6.88. The van der Waals surface area contributed by atoms with Crippen molar-refractivity contribution < 1.29 is 4.79 Å². The van der Waals surface area contributed by atoms with Gasteiger partial charge in [-0.1, -0.05) is 29.8 Å². The van der Waals surface area contributed by atoms with Crippen LogP contribution in [0, 0.1) is 0 Å². The number of amides is 1. The molecule has 7 heteroatoms. The second kappa shape index (κ2) is 9.90. The highest BCUT2D eigenvalue weighted by Crippen LogP contribution is 2.17. The molecular weight excluding hydrogens is 430 g/mol. The van der Waals surface area contributed by atoms with Crippen LogP contribution in [-0.2, 0) is 13.1 Å². The Kier molecular flexibility index (Phi) is 7.00. The second-order valence-corrected chi connectivity index (χ2v) is 9.60. The highest BCUT2D eigenvalue weighted by atomic mass is 35.5. The molecular formula is C24H26ClN3O2S. The number of H-pyrrole nitrogens is 1. The molecule has 162 valence electrons. The minimum Gasteiger partial charge on any atom is -0.360 e. The van der Waals surface area contributed by atoms with Crippen LogP contribution >= 0.6 is 23.4 Å². The average Bonchev–Trinajstić information content (AvgIpc) is 3.04. The van der Waals surface area contributed by atoms with Crippen molar-refractivity contribution in [2.75, 3.05) is 31.6 Å². The van der Waals surface area contributed by atoms with E-state index in [2.05, 4.69) is 16.0 Å². The first-order valence-electron chi connectivity index (χ1n) is 10.5. The Hall–Kier alpha value is -2.28. The van der Waals surface area contributed by atoms with Gasteiger partial charge in [0.15, 0.2) is 0 Å². The quantitative estimate of drug-likeness (QED) is 0.619. The summed E-state index contributed by atoms with van der Waals surface area (Å²) in [5.74, 6) is 2.06. The van der Waals surface area contributed by atoms with Crippen molar-refractivity contribution in [3.8, 4) is 0 Å². The van der Waals surface area contributed by atoms with E-state index in [4.69, 9.17) is 11.6 Å². The van der Waals surface area contributed by atoms with Gasteiger partial charge in [0, 0.05) is 54.6 Å². The fraction of sp³-hybridized carbons (Fsp3) is 0.333. The topological polar surface area (TPSA) is 56.4 Å². The van der Waals surface area contributed by atoms with Crippen molar-refractivity contribution >= 4 is 40.2 Å². The van der Waals surface area contributed by atoms with E-state index in [0.717, 1.165) is 42.0 Å². The summed E-state index contributed by atoms with van der Waals surface area (Å²) in [7, 11) is 1.70. The number of hydrogen-bond acceptors (Lipinski definition) is 4. The lowest BCUT2D eigenvalue weighted by molar-refractivity contribution is 0.0783. The van der Waals surface area contributed by atoms with Crippen LogP contribution in [0.5, 0.6) is 0 Å². The number of nitrogens with one attached hydrogen (secondary N) is 1. The second-order valence-electron chi connectivity index (χ2n) is 7.94. The fourth-order valence-corrected chi connectivity index (χ4v) is 4.93. The summed E-state index contributed by atoms with van der Waals surface area (Å²) in [5, 5.41) is 1.21. The van der Waals surface area contributed by atoms with Crippen LogP contribution in [0.2, 0.25) is 5.02 Å². The summed E-state index contributed by atoms with van der Waals surface area (Å²) in [6.45, 7) is 3.37. The Morgan fingerprint density at radius 1 is 1.13 bits per heavy atom. The zero-order valence-electron chi connectivity index (χ0n) is 17.6. The van der Waals surface area contributed by atoms with E-state index in [-0.39, 0.29) is 16.9 Å². The number of halogens is 1. The van der Waals surface area contributed by atoms with Gasteiger partial charge in [-0.25, -0.2) is 0 Å². The molecule has 2 aromatic carbocycles. The number of carbonyl (C=O) groups excluding carboxylic acids is 1. The molecule has 1 amide bonds. The lowest BCUT2D eigenvalue weighted by atomic mass is 10.1.